The molecule has 11 aromatic rings. The molecule has 1 aromatic heterocycles. The normalized spacial score (nSPS) is 11.5. The lowest BCUT2D eigenvalue weighted by Crippen LogP contribution is -2.10. The quantitative estimate of drug-likeness (QED) is 0.147. The third-order valence-corrected chi connectivity index (χ3v) is 12.1. The highest BCUT2D eigenvalue weighted by atomic mass is 15.1. The number of fused-ring (bicyclic) bond motifs is 5. The average molecular weight is 767 g/mol. The summed E-state index contributed by atoms with van der Waals surface area (Å²) in [7, 11) is 0. The number of aryl methyl sites for hydroxylation is 2. The Labute approximate surface area is 350 Å². The molecule has 0 aliphatic rings. The number of nitrogens with zero attached hydrogens (tertiary/aromatic N) is 2. The Hall–Kier alpha value is -7.68. The Bertz CT molecular complexity index is 3290. The van der Waals surface area contributed by atoms with Gasteiger partial charge in [0.1, 0.15) is 0 Å². The molecule has 0 spiro atoms. The van der Waals surface area contributed by atoms with Crippen LogP contribution in [0.1, 0.15) is 11.1 Å². The zero-order chi connectivity index (χ0) is 40.2. The molecule has 0 N–H and O–H groups in total. The highest BCUT2D eigenvalue weighted by Crippen LogP contribution is 2.45. The van der Waals surface area contributed by atoms with Crippen LogP contribution in [0.2, 0.25) is 0 Å². The maximum atomic E-state index is 2.40. The Morgan fingerprint density at radius 1 is 0.300 bits per heavy atom. The molecule has 60 heavy (non-hydrogen) atoms. The molecule has 0 amide bonds. The molecule has 0 saturated heterocycles. The lowest BCUT2D eigenvalue weighted by molar-refractivity contribution is 1.17. The minimum Gasteiger partial charge on any atom is -0.311 e. The van der Waals surface area contributed by atoms with Crippen LogP contribution in [0.3, 0.4) is 0 Å². The first-order valence-electron chi connectivity index (χ1n) is 20.8. The largest absolute Gasteiger partial charge is 0.311 e. The van der Waals surface area contributed by atoms with Crippen molar-refractivity contribution in [3.63, 3.8) is 0 Å². The van der Waals surface area contributed by atoms with E-state index in [2.05, 4.69) is 242 Å². The van der Waals surface area contributed by atoms with Crippen molar-refractivity contribution in [2.45, 2.75) is 13.8 Å². The Morgan fingerprint density at radius 3 is 1.28 bits per heavy atom. The van der Waals surface area contributed by atoms with E-state index < -0.39 is 0 Å². The van der Waals surface area contributed by atoms with Crippen molar-refractivity contribution in [1.29, 1.82) is 0 Å². The Balaban J connectivity index is 1.02. The molecule has 0 atom stereocenters. The summed E-state index contributed by atoms with van der Waals surface area (Å²) in [6.07, 6.45) is 0. The summed E-state index contributed by atoms with van der Waals surface area (Å²) in [6.45, 7) is 4.34. The Kier molecular flexibility index (Phi) is 8.64. The number of para-hydroxylation sites is 1. The van der Waals surface area contributed by atoms with Gasteiger partial charge in [0, 0.05) is 33.5 Å². The number of anilines is 3. The van der Waals surface area contributed by atoms with Gasteiger partial charge in [-0.25, -0.2) is 0 Å². The molecular weight excluding hydrogens is 725 g/mol. The number of hydrogen-bond donors (Lipinski definition) is 0. The molecule has 0 unspecified atom stereocenters. The van der Waals surface area contributed by atoms with Crippen LogP contribution < -0.4 is 4.90 Å². The van der Waals surface area contributed by atoms with E-state index in [0.29, 0.717) is 0 Å². The molecular formula is C58H42N2. The Morgan fingerprint density at radius 2 is 0.733 bits per heavy atom. The van der Waals surface area contributed by atoms with E-state index in [4.69, 9.17) is 0 Å². The monoisotopic (exact) mass is 766 g/mol. The van der Waals surface area contributed by atoms with E-state index in [0.717, 1.165) is 22.7 Å². The second-order valence-electron chi connectivity index (χ2n) is 15.9. The van der Waals surface area contributed by atoms with E-state index in [-0.39, 0.29) is 0 Å². The van der Waals surface area contributed by atoms with E-state index in [1.807, 2.05) is 0 Å². The van der Waals surface area contributed by atoms with Crippen LogP contribution in [0, 0.1) is 13.8 Å². The van der Waals surface area contributed by atoms with Crippen LogP contribution in [0.5, 0.6) is 0 Å². The molecule has 284 valence electrons. The van der Waals surface area contributed by atoms with Crippen molar-refractivity contribution in [1.82, 2.24) is 4.57 Å². The van der Waals surface area contributed by atoms with Crippen molar-refractivity contribution >= 4 is 60.4 Å². The van der Waals surface area contributed by atoms with E-state index in [1.165, 1.54) is 87.9 Å². The number of rotatable bonds is 7. The third kappa shape index (κ3) is 6.04. The number of aromatic nitrogens is 1. The maximum Gasteiger partial charge on any atom is 0.0541 e. The van der Waals surface area contributed by atoms with Crippen LogP contribution in [-0.2, 0) is 0 Å². The van der Waals surface area contributed by atoms with Gasteiger partial charge in [-0.2, -0.15) is 0 Å². The van der Waals surface area contributed by atoms with Gasteiger partial charge in [0.25, 0.3) is 0 Å². The van der Waals surface area contributed by atoms with Crippen LogP contribution >= 0.6 is 0 Å². The first-order valence-corrected chi connectivity index (χ1v) is 20.8. The van der Waals surface area contributed by atoms with Gasteiger partial charge in [0.15, 0.2) is 0 Å². The number of benzene rings is 10. The standard InChI is InChI=1S/C58H42N2/c1-39-22-34-55-52(36-39)53-37-40(2)23-35-56(53)60(55)48-31-29-47(30-32-48)59(45-18-10-5-11-19-45)46-27-24-41(25-28-46)44-26-33-51-54(38-44)58(43-16-8-4-9-17-43)50-21-13-12-20-49(50)57(51)42-14-6-3-7-15-42/h3-38H,1-2H3. The first-order chi connectivity index (χ1) is 29.6. The summed E-state index contributed by atoms with van der Waals surface area (Å²) in [5.74, 6) is 0. The molecule has 0 aliphatic heterocycles. The third-order valence-electron chi connectivity index (χ3n) is 12.1. The van der Waals surface area contributed by atoms with Crippen molar-refractivity contribution < 1.29 is 0 Å². The fourth-order valence-corrected chi connectivity index (χ4v) is 9.30. The van der Waals surface area contributed by atoms with Crippen LogP contribution in [0.25, 0.3) is 82.4 Å². The van der Waals surface area contributed by atoms with Crippen molar-refractivity contribution in [2.75, 3.05) is 4.90 Å². The minimum absolute atomic E-state index is 1.10. The second kappa shape index (κ2) is 14.6. The first kappa shape index (κ1) is 35.5. The average Bonchev–Trinajstić information content (AvgIpc) is 3.61. The molecule has 1 heterocycles. The molecule has 11 rings (SSSR count). The minimum atomic E-state index is 1.10. The summed E-state index contributed by atoms with van der Waals surface area (Å²) in [4.78, 5) is 2.35. The van der Waals surface area contributed by atoms with Crippen LogP contribution in [0.4, 0.5) is 17.1 Å². The van der Waals surface area contributed by atoms with Crippen molar-refractivity contribution in [3.05, 3.63) is 230 Å². The smallest absolute Gasteiger partial charge is 0.0541 e. The van der Waals surface area contributed by atoms with Crippen molar-refractivity contribution in [2.24, 2.45) is 0 Å². The molecule has 0 radical (unpaired) electrons. The lowest BCUT2D eigenvalue weighted by Gasteiger charge is -2.26. The predicted molar refractivity (Wildman–Crippen MR) is 256 cm³/mol. The van der Waals surface area contributed by atoms with Crippen LogP contribution in [-0.4, -0.2) is 4.57 Å². The summed E-state index contributed by atoms with van der Waals surface area (Å²) >= 11 is 0. The molecule has 2 heteroatoms. The zero-order valence-electron chi connectivity index (χ0n) is 33.7. The predicted octanol–water partition coefficient (Wildman–Crippen LogP) is 16.2. The maximum absolute atomic E-state index is 2.40. The topological polar surface area (TPSA) is 8.17 Å². The highest BCUT2D eigenvalue weighted by molar-refractivity contribution is 6.22. The van der Waals surface area contributed by atoms with Gasteiger partial charge in [0.2, 0.25) is 0 Å². The second-order valence-corrected chi connectivity index (χ2v) is 15.9. The van der Waals surface area contributed by atoms with Crippen molar-refractivity contribution in [3.8, 4) is 39.1 Å². The van der Waals surface area contributed by atoms with Gasteiger partial charge in [-0.15, -0.1) is 0 Å². The summed E-state index contributed by atoms with van der Waals surface area (Å²) in [5.41, 5.74) is 16.8. The van der Waals surface area contributed by atoms with E-state index >= 15 is 0 Å². The SMILES string of the molecule is Cc1ccc2c(c1)c1cc(C)ccc1n2-c1ccc(N(c2ccccc2)c2ccc(-c3ccc4c(-c5ccccc5)c5ccccc5c(-c5ccccc5)c4c3)cc2)cc1. The molecule has 10 aromatic carbocycles. The fourth-order valence-electron chi connectivity index (χ4n) is 9.30. The fraction of sp³-hybridized carbons (Fsp3) is 0.0345. The van der Waals surface area contributed by atoms with Gasteiger partial charge in [-0.05, 0) is 148 Å². The molecule has 0 aliphatic carbocycles. The van der Waals surface area contributed by atoms with Crippen LogP contribution in [0.15, 0.2) is 218 Å². The summed E-state index contributed by atoms with van der Waals surface area (Å²) < 4.78 is 2.40. The highest BCUT2D eigenvalue weighted by Gasteiger charge is 2.19. The van der Waals surface area contributed by atoms with Gasteiger partial charge >= 0.3 is 0 Å². The molecule has 2 nitrogen and oxygen atoms in total. The lowest BCUT2D eigenvalue weighted by atomic mass is 9.85. The molecule has 0 bridgehead atoms. The van der Waals surface area contributed by atoms with Gasteiger partial charge in [-0.3, -0.25) is 0 Å². The van der Waals surface area contributed by atoms with Gasteiger partial charge < -0.3 is 9.47 Å². The van der Waals surface area contributed by atoms with E-state index in [9.17, 15) is 0 Å². The zero-order valence-corrected chi connectivity index (χ0v) is 33.7. The van der Waals surface area contributed by atoms with Gasteiger partial charge in [0.05, 0.1) is 11.0 Å². The molecule has 0 fully saturated rings. The summed E-state index contributed by atoms with van der Waals surface area (Å²) in [6, 6.07) is 79.9. The molecule has 0 saturated carbocycles. The number of hydrogen-bond acceptors (Lipinski definition) is 1. The van der Waals surface area contributed by atoms with E-state index in [1.54, 1.807) is 0 Å². The summed E-state index contributed by atoms with van der Waals surface area (Å²) in [5, 5.41) is 7.61. The van der Waals surface area contributed by atoms with Gasteiger partial charge in [-0.1, -0.05) is 151 Å².